The van der Waals surface area contributed by atoms with E-state index in [1.807, 2.05) is 17.0 Å². The van der Waals surface area contributed by atoms with Crippen molar-refractivity contribution in [2.75, 3.05) is 38.0 Å². The number of nitro benzene ring substituents is 1. The van der Waals surface area contributed by atoms with Crippen LogP contribution in [0.15, 0.2) is 60.7 Å². The van der Waals surface area contributed by atoms with E-state index in [-0.39, 0.29) is 29.8 Å². The largest absolute Gasteiger partial charge is 0.488 e. The number of nitrogens with zero attached hydrogens (tertiary/aromatic N) is 3. The summed E-state index contributed by atoms with van der Waals surface area (Å²) < 4.78 is 65.8. The second kappa shape index (κ2) is 14.0. The van der Waals surface area contributed by atoms with E-state index < -0.39 is 28.6 Å². The molecule has 0 bridgehead atoms. The number of ether oxygens (including phenoxy) is 2. The van der Waals surface area contributed by atoms with E-state index in [4.69, 9.17) is 9.47 Å². The monoisotopic (exact) mass is 656 g/mol. The Bertz CT molecular complexity index is 1570. The van der Waals surface area contributed by atoms with Crippen LogP contribution in [0.1, 0.15) is 36.8 Å². The third kappa shape index (κ3) is 7.91. The minimum atomic E-state index is -4.84. The fourth-order valence-electron chi connectivity index (χ4n) is 6.72. The van der Waals surface area contributed by atoms with Gasteiger partial charge >= 0.3 is 6.18 Å². The summed E-state index contributed by atoms with van der Waals surface area (Å²) in [7, 11) is 0. The number of carbonyl (C=O) groups is 1. The molecule has 6 rings (SSSR count). The van der Waals surface area contributed by atoms with Gasteiger partial charge in [0, 0.05) is 56.9 Å². The van der Waals surface area contributed by atoms with Crippen LogP contribution in [0.4, 0.5) is 28.9 Å². The second-order valence-corrected chi connectivity index (χ2v) is 12.4. The summed E-state index contributed by atoms with van der Waals surface area (Å²) in [6.07, 6.45) is -1.54. The van der Waals surface area contributed by atoms with Crippen molar-refractivity contribution in [3.8, 4) is 16.9 Å². The van der Waals surface area contributed by atoms with Crippen molar-refractivity contribution in [3.05, 3.63) is 87.7 Å². The lowest BCUT2D eigenvalue weighted by Gasteiger charge is -2.39. The first-order valence-electron chi connectivity index (χ1n) is 15.8. The molecule has 2 atom stereocenters. The van der Waals surface area contributed by atoms with E-state index in [0.717, 1.165) is 66.9 Å². The van der Waals surface area contributed by atoms with Crippen molar-refractivity contribution in [2.45, 2.75) is 62.8 Å². The Morgan fingerprint density at radius 3 is 2.34 bits per heavy atom. The summed E-state index contributed by atoms with van der Waals surface area (Å²) in [5.41, 5.74) is 1.03. The molecule has 1 aliphatic carbocycles. The smallest absolute Gasteiger partial charge is 0.423 e. The van der Waals surface area contributed by atoms with Gasteiger partial charge in [-0.05, 0) is 78.8 Å². The van der Waals surface area contributed by atoms with Crippen molar-refractivity contribution in [1.82, 2.24) is 9.80 Å². The highest BCUT2D eigenvalue weighted by Crippen LogP contribution is 2.38. The number of carbonyl (C=O) groups excluding carboxylic acids is 1. The van der Waals surface area contributed by atoms with Crippen LogP contribution in [-0.4, -0.2) is 78.2 Å². The molecule has 3 aromatic carbocycles. The lowest BCUT2D eigenvalue weighted by molar-refractivity contribution is -0.388. The molecule has 1 saturated carbocycles. The summed E-state index contributed by atoms with van der Waals surface area (Å²) >= 11 is 0. The number of anilines is 1. The summed E-state index contributed by atoms with van der Waals surface area (Å²) in [5.74, 6) is 0.608. The molecule has 1 N–H and O–H groups in total. The van der Waals surface area contributed by atoms with E-state index in [2.05, 4.69) is 16.3 Å². The average molecular weight is 657 g/mol. The molecule has 0 aromatic heterocycles. The minimum absolute atomic E-state index is 0.0213. The Labute approximate surface area is 269 Å². The molecule has 2 unspecified atom stereocenters. The predicted molar refractivity (Wildman–Crippen MR) is 167 cm³/mol. The van der Waals surface area contributed by atoms with Gasteiger partial charge < -0.3 is 14.8 Å². The number of hydrogen-bond acceptors (Lipinski definition) is 8. The van der Waals surface area contributed by atoms with Gasteiger partial charge in [-0.1, -0.05) is 18.2 Å². The summed E-state index contributed by atoms with van der Waals surface area (Å²) in [6, 6.07) is 15.4. The van der Waals surface area contributed by atoms with Crippen LogP contribution < -0.4 is 10.1 Å². The van der Waals surface area contributed by atoms with Crippen LogP contribution >= 0.6 is 0 Å². The second-order valence-electron chi connectivity index (χ2n) is 12.4. The lowest BCUT2D eigenvalue weighted by atomic mass is 9.92. The van der Waals surface area contributed by atoms with Crippen LogP contribution in [0.25, 0.3) is 11.1 Å². The van der Waals surface area contributed by atoms with Crippen LogP contribution in [-0.2, 0) is 22.1 Å². The maximum atomic E-state index is 13.4. The molecule has 9 nitrogen and oxygen atoms in total. The number of hydrogen-bond donors (Lipinski definition) is 1. The Kier molecular flexibility index (Phi) is 9.76. The van der Waals surface area contributed by atoms with Crippen molar-refractivity contribution >= 4 is 17.7 Å². The van der Waals surface area contributed by atoms with E-state index in [1.54, 1.807) is 12.1 Å². The van der Waals surface area contributed by atoms with Crippen LogP contribution in [0, 0.1) is 15.9 Å². The van der Waals surface area contributed by atoms with Gasteiger partial charge in [0.05, 0.1) is 11.0 Å². The third-order valence-electron chi connectivity index (χ3n) is 9.20. The zero-order valence-corrected chi connectivity index (χ0v) is 25.6. The normalized spacial score (nSPS) is 22.7. The molecule has 2 fully saturated rings. The first-order valence-corrected chi connectivity index (χ1v) is 15.8. The summed E-state index contributed by atoms with van der Waals surface area (Å²) in [4.78, 5) is 26.4. The number of nitro groups is 1. The zero-order chi connectivity index (χ0) is 33.1. The summed E-state index contributed by atoms with van der Waals surface area (Å²) in [5, 5.41) is 14.1. The van der Waals surface area contributed by atoms with Gasteiger partial charge in [-0.3, -0.25) is 24.7 Å². The number of rotatable bonds is 10. The quantitative estimate of drug-likeness (QED) is 0.118. The summed E-state index contributed by atoms with van der Waals surface area (Å²) in [6.45, 7) is 3.61. The highest BCUT2D eigenvalue weighted by atomic mass is 19.4. The number of halogens is 4. The molecule has 47 heavy (non-hydrogen) atoms. The molecule has 3 aliphatic rings. The van der Waals surface area contributed by atoms with Crippen LogP contribution in [0.5, 0.6) is 5.75 Å². The highest BCUT2D eigenvalue weighted by Gasteiger charge is 2.39. The molecule has 13 heteroatoms. The fraction of sp³-hybridized carbons (Fsp3) is 0.441. The van der Waals surface area contributed by atoms with E-state index in [0.29, 0.717) is 38.8 Å². The molecule has 2 heterocycles. The van der Waals surface area contributed by atoms with Crippen molar-refractivity contribution in [2.24, 2.45) is 0 Å². The average Bonchev–Trinajstić information content (AvgIpc) is 3.46. The first kappa shape index (κ1) is 32.9. The Morgan fingerprint density at radius 2 is 1.68 bits per heavy atom. The molecule has 250 valence electrons. The van der Waals surface area contributed by atoms with Gasteiger partial charge in [0.2, 0.25) is 0 Å². The highest BCUT2D eigenvalue weighted by molar-refractivity contribution is 5.66. The molecular formula is C34H36F4N4O5. The lowest BCUT2D eigenvalue weighted by Crippen LogP contribution is -2.54. The maximum Gasteiger partial charge on any atom is 0.423 e. The topological polar surface area (TPSA) is 97.2 Å². The molecule has 0 spiro atoms. The Balaban J connectivity index is 0.942. The number of piperazine rings is 1. The van der Waals surface area contributed by atoms with Gasteiger partial charge in [-0.15, -0.1) is 0 Å². The van der Waals surface area contributed by atoms with E-state index >= 15 is 0 Å². The number of aldehydes is 1. The predicted octanol–water partition coefficient (Wildman–Crippen LogP) is 6.31. The molecule has 0 radical (unpaired) electrons. The zero-order valence-electron chi connectivity index (χ0n) is 25.6. The van der Waals surface area contributed by atoms with Crippen molar-refractivity contribution < 1.29 is 36.8 Å². The Hall–Kier alpha value is -4.07. The maximum absolute atomic E-state index is 13.4. The van der Waals surface area contributed by atoms with Crippen molar-refractivity contribution in [3.63, 3.8) is 0 Å². The van der Waals surface area contributed by atoms with Crippen molar-refractivity contribution in [1.29, 1.82) is 0 Å². The van der Waals surface area contributed by atoms with Gasteiger partial charge in [0.15, 0.2) is 12.5 Å². The SMILES string of the molecule is O=CC(OC1CCC(Nc2ccc([N+](=O)[O-])c(C(F)(F)F)c2)CC1)N1CCN(CC2Cc3cc(-c4ccc(F)cc4)ccc3O2)CC1. The third-order valence-corrected chi connectivity index (χ3v) is 9.20. The molecular weight excluding hydrogens is 620 g/mol. The number of nitrogens with one attached hydrogen (secondary N) is 1. The molecule has 3 aromatic rings. The molecule has 2 aliphatic heterocycles. The van der Waals surface area contributed by atoms with Gasteiger partial charge in [0.25, 0.3) is 5.69 Å². The van der Waals surface area contributed by atoms with Gasteiger partial charge in [-0.2, -0.15) is 13.2 Å². The number of alkyl halides is 3. The van der Waals surface area contributed by atoms with E-state index in [9.17, 15) is 32.5 Å². The van der Waals surface area contributed by atoms with Crippen LogP contribution in [0.3, 0.4) is 0 Å². The van der Waals surface area contributed by atoms with Crippen LogP contribution in [0.2, 0.25) is 0 Å². The number of fused-ring (bicyclic) bond motifs is 1. The first-order chi connectivity index (χ1) is 22.6. The standard InChI is InChI=1S/C34H36F4N4O5/c35-25-4-1-22(2-5-25)23-3-12-32-24(17-23)18-29(46-32)20-40-13-15-41(16-14-40)33(21-43)47-28-9-6-26(7-10-28)39-27-8-11-31(42(44)45)30(19-27)34(36,37)38/h1-5,8,11-12,17,19,21,26,28-29,33,39H,6-7,9-10,13-16,18,20H2. The number of benzene rings is 3. The Morgan fingerprint density at radius 1 is 0.979 bits per heavy atom. The molecule has 1 saturated heterocycles. The van der Waals surface area contributed by atoms with Gasteiger partial charge in [-0.25, -0.2) is 4.39 Å². The van der Waals surface area contributed by atoms with Gasteiger partial charge in [0.1, 0.15) is 23.2 Å². The molecule has 0 amide bonds. The minimum Gasteiger partial charge on any atom is -0.488 e. The van der Waals surface area contributed by atoms with E-state index in [1.165, 1.54) is 18.2 Å². The fourth-order valence-corrected chi connectivity index (χ4v) is 6.72.